The minimum atomic E-state index is -0.613. The maximum Gasteiger partial charge on any atom is 0.235 e. The summed E-state index contributed by atoms with van der Waals surface area (Å²) in [6.07, 6.45) is 4.98. The molecule has 1 aliphatic rings. The van der Waals surface area contributed by atoms with Crippen LogP contribution in [0.2, 0.25) is 0 Å². The second-order valence-electron chi connectivity index (χ2n) is 6.55. The van der Waals surface area contributed by atoms with Crippen LogP contribution in [0.1, 0.15) is 31.2 Å². The number of tetrazole rings is 1. The van der Waals surface area contributed by atoms with E-state index in [1.807, 2.05) is 24.3 Å². The van der Waals surface area contributed by atoms with Gasteiger partial charge < -0.3 is 5.32 Å². The van der Waals surface area contributed by atoms with Crippen molar-refractivity contribution in [1.82, 2.24) is 20.2 Å². The number of amides is 1. The van der Waals surface area contributed by atoms with Crippen LogP contribution in [-0.2, 0) is 10.2 Å². The smallest absolute Gasteiger partial charge is 0.235 e. The van der Waals surface area contributed by atoms with Gasteiger partial charge in [-0.2, -0.15) is 0 Å². The molecule has 3 aromatic rings. The first-order valence-corrected chi connectivity index (χ1v) is 8.58. The number of hydrogen-bond donors (Lipinski definition) is 1. The lowest BCUT2D eigenvalue weighted by Crippen LogP contribution is -2.38. The summed E-state index contributed by atoms with van der Waals surface area (Å²) in [5.41, 5.74) is 1.69. The fourth-order valence-electron chi connectivity index (χ4n) is 3.65. The van der Waals surface area contributed by atoms with Gasteiger partial charge in [0.25, 0.3) is 0 Å². The first-order valence-electron chi connectivity index (χ1n) is 8.58. The number of rotatable bonds is 4. The van der Waals surface area contributed by atoms with Gasteiger partial charge in [0.05, 0.1) is 11.1 Å². The van der Waals surface area contributed by atoms with E-state index in [4.69, 9.17) is 0 Å². The molecule has 1 fully saturated rings. The zero-order valence-electron chi connectivity index (χ0n) is 14.1. The van der Waals surface area contributed by atoms with Gasteiger partial charge in [-0.25, -0.2) is 9.07 Å². The number of anilines is 1. The predicted octanol–water partition coefficient (Wildman–Crippen LogP) is 3.25. The van der Waals surface area contributed by atoms with E-state index < -0.39 is 5.41 Å². The number of carbonyl (C=O) groups excluding carboxylic acids is 1. The van der Waals surface area contributed by atoms with E-state index in [-0.39, 0.29) is 11.7 Å². The minimum absolute atomic E-state index is 0.0597. The van der Waals surface area contributed by atoms with Gasteiger partial charge in [-0.3, -0.25) is 4.79 Å². The molecule has 1 amide bonds. The largest absolute Gasteiger partial charge is 0.325 e. The van der Waals surface area contributed by atoms with Crippen LogP contribution in [-0.4, -0.2) is 26.1 Å². The molecular weight excluding hydrogens is 333 g/mol. The van der Waals surface area contributed by atoms with Gasteiger partial charge in [0.1, 0.15) is 12.1 Å². The third-order valence-electron chi connectivity index (χ3n) is 5.01. The van der Waals surface area contributed by atoms with Crippen LogP contribution in [0.3, 0.4) is 0 Å². The molecule has 0 saturated heterocycles. The molecule has 2 aromatic carbocycles. The Balaban J connectivity index is 1.62. The van der Waals surface area contributed by atoms with Crippen molar-refractivity contribution in [3.05, 3.63) is 66.2 Å². The van der Waals surface area contributed by atoms with Crippen LogP contribution in [0, 0.1) is 5.82 Å². The highest BCUT2D eigenvalue weighted by molar-refractivity contribution is 5.99. The van der Waals surface area contributed by atoms with Gasteiger partial charge in [0.15, 0.2) is 0 Å². The molecule has 0 radical (unpaired) electrons. The third-order valence-corrected chi connectivity index (χ3v) is 5.01. The number of halogens is 1. The molecule has 1 aliphatic carbocycles. The van der Waals surface area contributed by atoms with Gasteiger partial charge in [-0.15, -0.1) is 5.10 Å². The highest BCUT2D eigenvalue weighted by Gasteiger charge is 2.42. The number of nitrogens with one attached hydrogen (secondary N) is 1. The Morgan fingerprint density at radius 3 is 2.58 bits per heavy atom. The van der Waals surface area contributed by atoms with E-state index in [1.54, 1.807) is 12.1 Å². The lowest BCUT2D eigenvalue weighted by molar-refractivity contribution is -0.121. The van der Waals surface area contributed by atoms with Gasteiger partial charge in [0.2, 0.25) is 5.91 Å². The van der Waals surface area contributed by atoms with Crippen molar-refractivity contribution >= 4 is 11.6 Å². The Morgan fingerprint density at radius 2 is 1.88 bits per heavy atom. The van der Waals surface area contributed by atoms with Crippen molar-refractivity contribution in [1.29, 1.82) is 0 Å². The number of benzene rings is 2. The zero-order valence-corrected chi connectivity index (χ0v) is 14.1. The zero-order chi connectivity index (χ0) is 18.0. The normalized spacial score (nSPS) is 15.7. The van der Waals surface area contributed by atoms with Crippen molar-refractivity contribution in [2.75, 3.05) is 5.32 Å². The highest BCUT2D eigenvalue weighted by atomic mass is 19.1. The summed E-state index contributed by atoms with van der Waals surface area (Å²) in [6.45, 7) is 0. The van der Waals surface area contributed by atoms with Gasteiger partial charge in [-0.05, 0) is 59.2 Å². The van der Waals surface area contributed by atoms with Gasteiger partial charge >= 0.3 is 0 Å². The molecule has 0 aliphatic heterocycles. The van der Waals surface area contributed by atoms with Crippen molar-refractivity contribution in [3.63, 3.8) is 0 Å². The average Bonchev–Trinajstić information content (AvgIpc) is 3.35. The molecule has 26 heavy (non-hydrogen) atoms. The lowest BCUT2D eigenvalue weighted by atomic mass is 9.78. The monoisotopic (exact) mass is 351 g/mol. The Morgan fingerprint density at radius 1 is 1.12 bits per heavy atom. The van der Waals surface area contributed by atoms with Crippen LogP contribution in [0.5, 0.6) is 0 Å². The van der Waals surface area contributed by atoms with E-state index in [0.29, 0.717) is 5.69 Å². The average molecular weight is 351 g/mol. The Kier molecular flexibility index (Phi) is 4.20. The number of aromatic nitrogens is 4. The molecule has 6 nitrogen and oxygen atoms in total. The quantitative estimate of drug-likeness (QED) is 0.783. The third kappa shape index (κ3) is 2.96. The van der Waals surface area contributed by atoms with Crippen LogP contribution in [0.25, 0.3) is 5.69 Å². The van der Waals surface area contributed by atoms with E-state index in [0.717, 1.165) is 36.9 Å². The molecule has 0 atom stereocenters. The van der Waals surface area contributed by atoms with Crippen LogP contribution >= 0.6 is 0 Å². The molecule has 0 unspecified atom stereocenters. The second kappa shape index (κ2) is 6.67. The maximum atomic E-state index is 13.3. The standard InChI is InChI=1S/C19H18FN5O/c20-15-8-6-14(7-9-15)19(10-1-2-11-19)18(26)22-16-4-3-5-17(12-16)25-13-21-23-24-25/h3-9,12-13H,1-2,10-11H2,(H,22,26). The fraction of sp³-hybridized carbons (Fsp3) is 0.263. The molecular formula is C19H18FN5O. The molecule has 4 rings (SSSR count). The first kappa shape index (κ1) is 16.4. The summed E-state index contributed by atoms with van der Waals surface area (Å²) < 4.78 is 14.8. The summed E-state index contributed by atoms with van der Waals surface area (Å²) in [5.74, 6) is -0.355. The summed E-state index contributed by atoms with van der Waals surface area (Å²) in [4.78, 5) is 13.2. The van der Waals surface area contributed by atoms with Gasteiger partial charge in [-0.1, -0.05) is 31.0 Å². The summed E-state index contributed by atoms with van der Waals surface area (Å²) in [5, 5.41) is 14.1. The maximum absolute atomic E-state index is 13.3. The van der Waals surface area contributed by atoms with Crippen LogP contribution in [0.4, 0.5) is 10.1 Å². The Hall–Kier alpha value is -3.09. The molecule has 1 heterocycles. The number of carbonyl (C=O) groups is 1. The van der Waals surface area contributed by atoms with E-state index in [9.17, 15) is 9.18 Å². The molecule has 0 bridgehead atoms. The molecule has 1 aromatic heterocycles. The SMILES string of the molecule is O=C(Nc1cccc(-n2cnnn2)c1)C1(c2ccc(F)cc2)CCCC1. The van der Waals surface area contributed by atoms with Crippen molar-refractivity contribution in [2.24, 2.45) is 0 Å². The minimum Gasteiger partial charge on any atom is -0.325 e. The molecule has 132 valence electrons. The Bertz CT molecular complexity index is 902. The Labute approximate surface area is 150 Å². The fourth-order valence-corrected chi connectivity index (χ4v) is 3.65. The van der Waals surface area contributed by atoms with E-state index >= 15 is 0 Å². The molecule has 0 spiro atoms. The van der Waals surface area contributed by atoms with Crippen LogP contribution < -0.4 is 5.32 Å². The summed E-state index contributed by atoms with van der Waals surface area (Å²) in [7, 11) is 0. The van der Waals surface area contributed by atoms with Crippen molar-refractivity contribution in [3.8, 4) is 5.69 Å². The van der Waals surface area contributed by atoms with E-state index in [2.05, 4.69) is 20.8 Å². The van der Waals surface area contributed by atoms with Crippen molar-refractivity contribution in [2.45, 2.75) is 31.1 Å². The number of hydrogen-bond acceptors (Lipinski definition) is 4. The number of nitrogens with zero attached hydrogens (tertiary/aromatic N) is 4. The van der Waals surface area contributed by atoms with E-state index in [1.165, 1.54) is 23.1 Å². The molecule has 1 saturated carbocycles. The topological polar surface area (TPSA) is 72.7 Å². The molecule has 1 N–H and O–H groups in total. The highest BCUT2D eigenvalue weighted by Crippen LogP contribution is 2.42. The summed E-state index contributed by atoms with van der Waals surface area (Å²) in [6, 6.07) is 13.6. The van der Waals surface area contributed by atoms with Crippen molar-refractivity contribution < 1.29 is 9.18 Å². The lowest BCUT2D eigenvalue weighted by Gasteiger charge is -2.28. The predicted molar refractivity (Wildman–Crippen MR) is 94.3 cm³/mol. The molecule has 7 heteroatoms. The van der Waals surface area contributed by atoms with Gasteiger partial charge in [0, 0.05) is 5.69 Å². The van der Waals surface area contributed by atoms with Crippen LogP contribution in [0.15, 0.2) is 54.9 Å². The second-order valence-corrected chi connectivity index (χ2v) is 6.55. The summed E-state index contributed by atoms with van der Waals surface area (Å²) >= 11 is 0. The first-order chi connectivity index (χ1) is 12.7.